The number of hydrogen-bond acceptors (Lipinski definition) is 3. The van der Waals surface area contributed by atoms with E-state index in [-0.39, 0.29) is 0 Å². The maximum atomic E-state index is 10.8. The lowest BCUT2D eigenvalue weighted by atomic mass is 10.1. The minimum Gasteiger partial charge on any atom is -0.478 e. The fourth-order valence-corrected chi connectivity index (χ4v) is 1.95. The molecule has 0 amide bonds. The van der Waals surface area contributed by atoms with Crippen molar-refractivity contribution in [2.45, 2.75) is 39.7 Å². The minimum absolute atomic E-state index is 0.313. The molecule has 0 aliphatic carbocycles. The first-order chi connectivity index (χ1) is 9.47. The minimum atomic E-state index is -0.898. The van der Waals surface area contributed by atoms with Crippen molar-refractivity contribution in [1.29, 1.82) is 0 Å². The Bertz CT molecular complexity index is 600. The van der Waals surface area contributed by atoms with Crippen molar-refractivity contribution in [2.75, 3.05) is 0 Å². The predicted octanol–water partition coefficient (Wildman–Crippen LogP) is 2.65. The van der Waals surface area contributed by atoms with Gasteiger partial charge in [0.2, 0.25) is 0 Å². The zero-order valence-corrected chi connectivity index (χ0v) is 12.0. The molecule has 0 radical (unpaired) electrons. The molecule has 0 fully saturated rings. The fraction of sp³-hybridized carbons (Fsp3) is 0.400. The van der Waals surface area contributed by atoms with Crippen LogP contribution in [0.15, 0.2) is 24.3 Å². The molecule has 1 heterocycles. The summed E-state index contributed by atoms with van der Waals surface area (Å²) < 4.78 is 1.90. The Morgan fingerprint density at radius 2 is 1.95 bits per heavy atom. The van der Waals surface area contributed by atoms with E-state index in [0.717, 1.165) is 30.2 Å². The van der Waals surface area contributed by atoms with Crippen LogP contribution < -0.4 is 0 Å². The normalized spacial score (nSPS) is 11.0. The lowest BCUT2D eigenvalue weighted by Crippen LogP contribution is -2.06. The van der Waals surface area contributed by atoms with E-state index in [1.165, 1.54) is 0 Å². The molecule has 0 aliphatic heterocycles. The molecular formula is C15H19N3O2. The summed E-state index contributed by atoms with van der Waals surface area (Å²) in [6.07, 6.45) is 0.807. The van der Waals surface area contributed by atoms with Gasteiger partial charge < -0.3 is 5.11 Å². The van der Waals surface area contributed by atoms with Gasteiger partial charge in [0.1, 0.15) is 5.82 Å². The monoisotopic (exact) mass is 273 g/mol. The second-order valence-electron chi connectivity index (χ2n) is 5.15. The van der Waals surface area contributed by atoms with Gasteiger partial charge in [-0.1, -0.05) is 26.0 Å². The van der Waals surface area contributed by atoms with Crippen LogP contribution in [0.1, 0.15) is 47.3 Å². The largest absolute Gasteiger partial charge is 0.478 e. The highest BCUT2D eigenvalue weighted by atomic mass is 16.4. The van der Waals surface area contributed by atoms with Crippen LogP contribution in [0.2, 0.25) is 0 Å². The van der Waals surface area contributed by atoms with Crippen molar-refractivity contribution >= 4 is 5.97 Å². The lowest BCUT2D eigenvalue weighted by molar-refractivity contribution is 0.0697. The molecule has 0 atom stereocenters. The number of aryl methyl sites for hydroxylation is 3. The molecule has 1 aromatic carbocycles. The summed E-state index contributed by atoms with van der Waals surface area (Å²) in [4.78, 5) is 15.2. The zero-order chi connectivity index (χ0) is 14.7. The molecule has 1 aromatic heterocycles. The number of carboxylic acid groups (broad SMARTS) is 1. The van der Waals surface area contributed by atoms with Crippen LogP contribution in [-0.4, -0.2) is 25.8 Å². The maximum absolute atomic E-state index is 10.8. The zero-order valence-electron chi connectivity index (χ0n) is 12.0. The summed E-state index contributed by atoms with van der Waals surface area (Å²) in [5.74, 6) is 1.20. The van der Waals surface area contributed by atoms with E-state index < -0.39 is 5.97 Å². The van der Waals surface area contributed by atoms with E-state index in [2.05, 4.69) is 23.9 Å². The van der Waals surface area contributed by atoms with Gasteiger partial charge in [-0.05, 0) is 31.0 Å². The third-order valence-corrected chi connectivity index (χ3v) is 3.20. The molecule has 0 saturated heterocycles. The quantitative estimate of drug-likeness (QED) is 0.909. The molecule has 5 heteroatoms. The first-order valence-electron chi connectivity index (χ1n) is 6.71. The Labute approximate surface area is 118 Å². The van der Waals surface area contributed by atoms with E-state index in [4.69, 9.17) is 5.11 Å². The molecule has 20 heavy (non-hydrogen) atoms. The van der Waals surface area contributed by atoms with Crippen LogP contribution in [0.5, 0.6) is 0 Å². The van der Waals surface area contributed by atoms with Crippen LogP contribution in [-0.2, 0) is 13.0 Å². The molecule has 0 saturated carbocycles. The summed E-state index contributed by atoms with van der Waals surface area (Å²) in [5, 5.41) is 13.3. The summed E-state index contributed by atoms with van der Waals surface area (Å²) in [7, 11) is 0. The molecule has 2 rings (SSSR count). The third-order valence-electron chi connectivity index (χ3n) is 3.20. The van der Waals surface area contributed by atoms with E-state index >= 15 is 0 Å². The van der Waals surface area contributed by atoms with Crippen molar-refractivity contribution in [3.05, 3.63) is 47.0 Å². The number of rotatable bonds is 5. The van der Waals surface area contributed by atoms with Gasteiger partial charge in [-0.25, -0.2) is 14.5 Å². The number of hydrogen-bond donors (Lipinski definition) is 1. The van der Waals surface area contributed by atoms with Gasteiger partial charge in [0, 0.05) is 12.5 Å². The number of carbonyl (C=O) groups is 1. The van der Waals surface area contributed by atoms with Gasteiger partial charge >= 0.3 is 5.97 Å². The Hall–Kier alpha value is -2.17. The standard InChI is InChI=1S/C15H19N3O2/c1-10(2)14-16-11(3)18(17-14)9-8-12-4-6-13(7-5-12)15(19)20/h4-7,10H,8-9H2,1-3H3,(H,19,20). The van der Waals surface area contributed by atoms with Gasteiger partial charge in [-0.15, -0.1) is 0 Å². The average molecular weight is 273 g/mol. The second kappa shape index (κ2) is 5.86. The summed E-state index contributed by atoms with van der Waals surface area (Å²) in [6.45, 7) is 6.85. The Morgan fingerprint density at radius 1 is 1.30 bits per heavy atom. The maximum Gasteiger partial charge on any atom is 0.335 e. The van der Waals surface area contributed by atoms with Crippen LogP contribution in [0.25, 0.3) is 0 Å². The predicted molar refractivity (Wildman–Crippen MR) is 76.0 cm³/mol. The molecule has 0 unspecified atom stereocenters. The lowest BCUT2D eigenvalue weighted by Gasteiger charge is -2.04. The summed E-state index contributed by atoms with van der Waals surface area (Å²) in [5.41, 5.74) is 1.41. The topological polar surface area (TPSA) is 68.0 Å². The van der Waals surface area contributed by atoms with Crippen molar-refractivity contribution in [1.82, 2.24) is 14.8 Å². The number of aromatic carboxylic acids is 1. The van der Waals surface area contributed by atoms with E-state index in [1.807, 2.05) is 23.7 Å². The Kier molecular flexibility index (Phi) is 4.17. The smallest absolute Gasteiger partial charge is 0.335 e. The molecule has 1 N–H and O–H groups in total. The highest BCUT2D eigenvalue weighted by molar-refractivity contribution is 5.87. The second-order valence-corrected chi connectivity index (χ2v) is 5.15. The van der Waals surface area contributed by atoms with Gasteiger partial charge in [0.25, 0.3) is 0 Å². The molecule has 5 nitrogen and oxygen atoms in total. The number of benzene rings is 1. The van der Waals surface area contributed by atoms with Gasteiger partial charge in [-0.3, -0.25) is 0 Å². The van der Waals surface area contributed by atoms with Crippen LogP contribution in [0, 0.1) is 6.92 Å². The Morgan fingerprint density at radius 3 is 2.45 bits per heavy atom. The van der Waals surface area contributed by atoms with E-state index in [9.17, 15) is 4.79 Å². The molecule has 0 spiro atoms. The average Bonchev–Trinajstić information content (AvgIpc) is 2.78. The molecule has 106 valence electrons. The van der Waals surface area contributed by atoms with Gasteiger partial charge in [-0.2, -0.15) is 5.10 Å². The SMILES string of the molecule is Cc1nc(C(C)C)nn1CCc1ccc(C(=O)O)cc1. The number of nitrogens with zero attached hydrogens (tertiary/aromatic N) is 3. The fourth-order valence-electron chi connectivity index (χ4n) is 1.95. The molecule has 0 aliphatic rings. The van der Waals surface area contributed by atoms with Crippen molar-refractivity contribution in [2.24, 2.45) is 0 Å². The first kappa shape index (κ1) is 14.2. The Balaban J connectivity index is 2.03. The van der Waals surface area contributed by atoms with Crippen molar-refractivity contribution < 1.29 is 9.90 Å². The molecule has 0 bridgehead atoms. The number of carboxylic acids is 1. The van der Waals surface area contributed by atoms with E-state index in [1.54, 1.807) is 12.1 Å². The van der Waals surface area contributed by atoms with Gasteiger partial charge in [0.05, 0.1) is 5.56 Å². The summed E-state index contributed by atoms with van der Waals surface area (Å²) >= 11 is 0. The van der Waals surface area contributed by atoms with E-state index in [0.29, 0.717) is 11.5 Å². The highest BCUT2D eigenvalue weighted by Crippen LogP contribution is 2.11. The highest BCUT2D eigenvalue weighted by Gasteiger charge is 2.09. The summed E-state index contributed by atoms with van der Waals surface area (Å²) in [6, 6.07) is 6.95. The number of aromatic nitrogens is 3. The van der Waals surface area contributed by atoms with Crippen LogP contribution in [0.4, 0.5) is 0 Å². The van der Waals surface area contributed by atoms with Crippen LogP contribution in [0.3, 0.4) is 0 Å². The molecule has 2 aromatic rings. The van der Waals surface area contributed by atoms with Crippen molar-refractivity contribution in [3.8, 4) is 0 Å². The van der Waals surface area contributed by atoms with Gasteiger partial charge in [0.15, 0.2) is 5.82 Å². The van der Waals surface area contributed by atoms with Crippen molar-refractivity contribution in [3.63, 3.8) is 0 Å². The first-order valence-corrected chi connectivity index (χ1v) is 6.71. The van der Waals surface area contributed by atoms with Crippen LogP contribution >= 0.6 is 0 Å². The third kappa shape index (κ3) is 3.23. The molecular weight excluding hydrogens is 254 g/mol.